The number of nitrogens with zero attached hydrogens (tertiary/aromatic N) is 1. The summed E-state index contributed by atoms with van der Waals surface area (Å²) in [5.74, 6) is 0.220. The minimum atomic E-state index is -0.278. The van der Waals surface area contributed by atoms with Crippen LogP contribution in [-0.4, -0.2) is 24.2 Å². The first kappa shape index (κ1) is 18.3. The predicted molar refractivity (Wildman–Crippen MR) is 104 cm³/mol. The van der Waals surface area contributed by atoms with Crippen molar-refractivity contribution in [2.45, 2.75) is 25.6 Å². The van der Waals surface area contributed by atoms with E-state index < -0.39 is 0 Å². The number of aryl methyl sites for hydroxylation is 1. The van der Waals surface area contributed by atoms with Gasteiger partial charge in [-0.25, -0.2) is 15.2 Å². The second kappa shape index (κ2) is 7.53. The molecule has 1 saturated heterocycles. The molecule has 2 aromatic carbocycles. The first-order chi connectivity index (χ1) is 13.5. The number of aromatic nitrogens is 1. The fourth-order valence-electron chi connectivity index (χ4n) is 3.44. The highest BCUT2D eigenvalue weighted by molar-refractivity contribution is 5.99. The third-order valence-electron chi connectivity index (χ3n) is 4.92. The maximum atomic E-state index is 13.4. The van der Waals surface area contributed by atoms with Gasteiger partial charge in [0.1, 0.15) is 11.6 Å². The van der Waals surface area contributed by atoms with Gasteiger partial charge in [-0.3, -0.25) is 9.78 Å². The maximum Gasteiger partial charge on any atom is 0.254 e. The SMILES string of the molecule is COc1ccc2nc(C)c(C(=O)NC3CC(c4cccc(F)c4)NN3)cc2c1. The van der Waals surface area contributed by atoms with Gasteiger partial charge < -0.3 is 10.1 Å². The molecule has 1 aromatic heterocycles. The zero-order valence-electron chi connectivity index (χ0n) is 15.6. The minimum absolute atomic E-state index is 0.0823. The van der Waals surface area contributed by atoms with Crippen molar-refractivity contribution in [3.8, 4) is 5.75 Å². The van der Waals surface area contributed by atoms with E-state index in [1.54, 1.807) is 13.2 Å². The molecule has 144 valence electrons. The zero-order valence-corrected chi connectivity index (χ0v) is 15.6. The highest BCUT2D eigenvalue weighted by Crippen LogP contribution is 2.24. The van der Waals surface area contributed by atoms with E-state index in [0.29, 0.717) is 23.4 Å². The van der Waals surface area contributed by atoms with Gasteiger partial charge in [0.05, 0.1) is 30.0 Å². The summed E-state index contributed by atoms with van der Waals surface area (Å²) in [6, 6.07) is 13.7. The standard InChI is InChI=1S/C21H21FN4O2/c1-12-17(10-14-9-16(28-2)6-7-18(14)23-12)21(27)24-20-11-19(25-26-20)13-4-3-5-15(22)8-13/h3-10,19-20,25-26H,11H2,1-2H3,(H,24,27). The number of amides is 1. The molecule has 28 heavy (non-hydrogen) atoms. The van der Waals surface area contributed by atoms with E-state index in [4.69, 9.17) is 4.74 Å². The van der Waals surface area contributed by atoms with Crippen LogP contribution in [0.15, 0.2) is 48.5 Å². The van der Waals surface area contributed by atoms with Crippen LogP contribution in [-0.2, 0) is 0 Å². The topological polar surface area (TPSA) is 75.3 Å². The van der Waals surface area contributed by atoms with E-state index in [2.05, 4.69) is 21.2 Å². The molecular formula is C21H21FN4O2. The first-order valence-corrected chi connectivity index (χ1v) is 9.06. The Labute approximate surface area is 162 Å². The summed E-state index contributed by atoms with van der Waals surface area (Å²) in [6.45, 7) is 1.81. The Morgan fingerprint density at radius 3 is 2.86 bits per heavy atom. The fraction of sp³-hybridized carbons (Fsp3) is 0.238. The minimum Gasteiger partial charge on any atom is -0.497 e. The van der Waals surface area contributed by atoms with Crippen molar-refractivity contribution in [2.24, 2.45) is 0 Å². The third-order valence-corrected chi connectivity index (χ3v) is 4.92. The molecule has 6 nitrogen and oxygen atoms in total. The molecule has 1 fully saturated rings. The quantitative estimate of drug-likeness (QED) is 0.649. The van der Waals surface area contributed by atoms with Crippen LogP contribution in [0.5, 0.6) is 5.75 Å². The molecule has 7 heteroatoms. The van der Waals surface area contributed by atoms with Crippen LogP contribution < -0.4 is 20.9 Å². The molecule has 1 aliphatic rings. The van der Waals surface area contributed by atoms with Gasteiger partial charge in [-0.05, 0) is 48.9 Å². The third kappa shape index (κ3) is 3.67. The molecule has 0 spiro atoms. The monoisotopic (exact) mass is 380 g/mol. The summed E-state index contributed by atoms with van der Waals surface area (Å²) < 4.78 is 18.7. The molecule has 2 unspecified atom stereocenters. The number of rotatable bonds is 4. The number of halogens is 1. The number of hydrogen-bond donors (Lipinski definition) is 3. The lowest BCUT2D eigenvalue weighted by atomic mass is 10.0. The number of benzene rings is 2. The van der Waals surface area contributed by atoms with Crippen LogP contribution in [0, 0.1) is 12.7 Å². The number of hydrogen-bond acceptors (Lipinski definition) is 5. The Hall–Kier alpha value is -3.03. The predicted octanol–water partition coefficient (Wildman–Crippen LogP) is 2.99. The van der Waals surface area contributed by atoms with Gasteiger partial charge in [-0.2, -0.15) is 0 Å². The van der Waals surface area contributed by atoms with E-state index >= 15 is 0 Å². The molecule has 0 radical (unpaired) electrons. The number of carbonyl (C=O) groups is 1. The Morgan fingerprint density at radius 2 is 2.07 bits per heavy atom. The number of ether oxygens (including phenoxy) is 1. The van der Waals surface area contributed by atoms with Crippen LogP contribution in [0.2, 0.25) is 0 Å². The molecule has 2 atom stereocenters. The lowest BCUT2D eigenvalue weighted by Crippen LogP contribution is -2.44. The summed E-state index contributed by atoms with van der Waals surface area (Å²) in [7, 11) is 1.60. The molecule has 3 N–H and O–H groups in total. The number of nitrogens with one attached hydrogen (secondary N) is 3. The van der Waals surface area contributed by atoms with Gasteiger partial charge >= 0.3 is 0 Å². The smallest absolute Gasteiger partial charge is 0.254 e. The van der Waals surface area contributed by atoms with Crippen molar-refractivity contribution < 1.29 is 13.9 Å². The lowest BCUT2D eigenvalue weighted by molar-refractivity contribution is 0.0931. The van der Waals surface area contributed by atoms with Gasteiger partial charge in [0.2, 0.25) is 0 Å². The van der Waals surface area contributed by atoms with E-state index in [1.807, 2.05) is 37.3 Å². The molecular weight excluding hydrogens is 359 g/mol. The summed E-state index contributed by atoms with van der Waals surface area (Å²) >= 11 is 0. The first-order valence-electron chi connectivity index (χ1n) is 9.06. The van der Waals surface area contributed by atoms with E-state index in [-0.39, 0.29) is 23.9 Å². The van der Waals surface area contributed by atoms with Crippen molar-refractivity contribution in [2.75, 3.05) is 7.11 Å². The van der Waals surface area contributed by atoms with E-state index in [0.717, 1.165) is 16.5 Å². The van der Waals surface area contributed by atoms with Crippen LogP contribution in [0.3, 0.4) is 0 Å². The second-order valence-electron chi connectivity index (χ2n) is 6.84. The average Bonchev–Trinajstić information content (AvgIpc) is 3.15. The molecule has 0 aliphatic carbocycles. The van der Waals surface area contributed by atoms with Crippen molar-refractivity contribution in [3.63, 3.8) is 0 Å². The van der Waals surface area contributed by atoms with Gasteiger partial charge in [0.25, 0.3) is 5.91 Å². The zero-order chi connectivity index (χ0) is 19.7. The Bertz CT molecular complexity index is 1040. The molecule has 0 bridgehead atoms. The number of fused-ring (bicyclic) bond motifs is 1. The second-order valence-corrected chi connectivity index (χ2v) is 6.84. The Morgan fingerprint density at radius 1 is 1.21 bits per heavy atom. The van der Waals surface area contributed by atoms with Gasteiger partial charge in [0, 0.05) is 17.8 Å². The highest BCUT2D eigenvalue weighted by Gasteiger charge is 2.27. The van der Waals surface area contributed by atoms with E-state index in [1.165, 1.54) is 12.1 Å². The number of carbonyl (C=O) groups excluding carboxylic acids is 1. The van der Waals surface area contributed by atoms with Crippen molar-refractivity contribution in [3.05, 3.63) is 71.2 Å². The Balaban J connectivity index is 1.50. The van der Waals surface area contributed by atoms with Gasteiger partial charge in [-0.15, -0.1) is 0 Å². The molecule has 1 aliphatic heterocycles. The fourth-order valence-corrected chi connectivity index (χ4v) is 3.44. The molecule has 1 amide bonds. The average molecular weight is 380 g/mol. The largest absolute Gasteiger partial charge is 0.497 e. The summed E-state index contributed by atoms with van der Waals surface area (Å²) in [4.78, 5) is 17.3. The summed E-state index contributed by atoms with van der Waals surface area (Å²) in [5, 5.41) is 3.80. The van der Waals surface area contributed by atoms with Crippen LogP contribution in [0.25, 0.3) is 10.9 Å². The molecule has 4 rings (SSSR count). The highest BCUT2D eigenvalue weighted by atomic mass is 19.1. The molecule has 3 aromatic rings. The molecule has 0 saturated carbocycles. The Kier molecular flexibility index (Phi) is 4.93. The van der Waals surface area contributed by atoms with Crippen LogP contribution in [0.4, 0.5) is 4.39 Å². The van der Waals surface area contributed by atoms with Gasteiger partial charge in [-0.1, -0.05) is 12.1 Å². The lowest BCUT2D eigenvalue weighted by Gasteiger charge is -2.14. The van der Waals surface area contributed by atoms with Crippen LogP contribution in [0.1, 0.15) is 34.1 Å². The van der Waals surface area contributed by atoms with Crippen molar-refractivity contribution in [1.82, 2.24) is 21.2 Å². The maximum absolute atomic E-state index is 13.4. The summed E-state index contributed by atoms with van der Waals surface area (Å²) in [6.07, 6.45) is 0.324. The van der Waals surface area contributed by atoms with E-state index in [9.17, 15) is 9.18 Å². The number of methoxy groups -OCH3 is 1. The number of hydrazine groups is 1. The molecule has 2 heterocycles. The normalized spacial score (nSPS) is 19.0. The number of pyridine rings is 1. The van der Waals surface area contributed by atoms with Crippen LogP contribution >= 0.6 is 0 Å². The summed E-state index contributed by atoms with van der Waals surface area (Å²) in [5.41, 5.74) is 8.96. The van der Waals surface area contributed by atoms with Gasteiger partial charge in [0.15, 0.2) is 0 Å². The van der Waals surface area contributed by atoms with Crippen molar-refractivity contribution >= 4 is 16.8 Å². The van der Waals surface area contributed by atoms with Crippen molar-refractivity contribution in [1.29, 1.82) is 0 Å².